The van der Waals surface area contributed by atoms with Crippen molar-refractivity contribution in [3.8, 4) is 0 Å². The summed E-state index contributed by atoms with van der Waals surface area (Å²) in [4.78, 5) is 15.7. The number of hydrogen-bond donors (Lipinski definition) is 1. The van der Waals surface area contributed by atoms with Gasteiger partial charge in [-0.25, -0.2) is 0 Å². The molecule has 76 valence electrons. The van der Waals surface area contributed by atoms with Crippen molar-refractivity contribution in [1.82, 2.24) is 9.80 Å². The highest BCUT2D eigenvalue weighted by atomic mass is 16.2. The fraction of sp³-hybridized carbons (Fsp3) is 0.889. The minimum atomic E-state index is 0.197. The van der Waals surface area contributed by atoms with E-state index in [-0.39, 0.29) is 5.91 Å². The molecule has 4 nitrogen and oxygen atoms in total. The highest BCUT2D eigenvalue weighted by Crippen LogP contribution is 2.07. The minimum absolute atomic E-state index is 0.197. The van der Waals surface area contributed by atoms with E-state index >= 15 is 0 Å². The number of rotatable bonds is 2. The largest absolute Gasteiger partial charge is 0.340 e. The predicted molar refractivity (Wildman–Crippen MR) is 52.3 cm³/mol. The molecule has 0 aromatic rings. The molecule has 0 aromatic carbocycles. The summed E-state index contributed by atoms with van der Waals surface area (Å²) in [6.07, 6.45) is 0.483. The van der Waals surface area contributed by atoms with Crippen molar-refractivity contribution < 1.29 is 4.79 Å². The maximum Gasteiger partial charge on any atom is 0.223 e. The summed E-state index contributed by atoms with van der Waals surface area (Å²) in [5.74, 6) is 0.197. The van der Waals surface area contributed by atoms with E-state index < -0.39 is 0 Å². The molecule has 1 heterocycles. The Hall–Kier alpha value is -0.610. The Bertz CT molecular complexity index is 184. The van der Waals surface area contributed by atoms with Gasteiger partial charge in [0.05, 0.1) is 0 Å². The Labute approximate surface area is 79.7 Å². The van der Waals surface area contributed by atoms with Gasteiger partial charge < -0.3 is 15.5 Å². The summed E-state index contributed by atoms with van der Waals surface area (Å²) in [6, 6.07) is 0.468. The number of likely N-dealkylation sites (N-methyl/N-ethyl adjacent to an activating group) is 1. The van der Waals surface area contributed by atoms with E-state index in [4.69, 9.17) is 5.73 Å². The lowest BCUT2D eigenvalue weighted by atomic mass is 10.2. The lowest BCUT2D eigenvalue weighted by Gasteiger charge is -2.37. The Morgan fingerprint density at radius 2 is 2.23 bits per heavy atom. The van der Waals surface area contributed by atoms with E-state index in [1.165, 1.54) is 0 Å². The smallest absolute Gasteiger partial charge is 0.223 e. The van der Waals surface area contributed by atoms with Crippen molar-refractivity contribution in [1.29, 1.82) is 0 Å². The normalized spacial score (nSPS) is 24.8. The third-order valence-electron chi connectivity index (χ3n) is 2.67. The number of carbonyl (C=O) groups is 1. The molecule has 0 bridgehead atoms. The van der Waals surface area contributed by atoms with Crippen molar-refractivity contribution in [2.75, 3.05) is 33.2 Å². The van der Waals surface area contributed by atoms with Gasteiger partial charge in [-0.3, -0.25) is 4.79 Å². The molecular formula is C9H19N3O. The van der Waals surface area contributed by atoms with Crippen molar-refractivity contribution >= 4 is 5.91 Å². The number of hydrogen-bond acceptors (Lipinski definition) is 3. The van der Waals surface area contributed by atoms with Gasteiger partial charge in [0.2, 0.25) is 5.91 Å². The zero-order valence-electron chi connectivity index (χ0n) is 8.49. The summed E-state index contributed by atoms with van der Waals surface area (Å²) < 4.78 is 0. The van der Waals surface area contributed by atoms with Crippen LogP contribution in [0.25, 0.3) is 0 Å². The van der Waals surface area contributed by atoms with Crippen LogP contribution in [0.5, 0.6) is 0 Å². The Balaban J connectivity index is 2.40. The van der Waals surface area contributed by atoms with Gasteiger partial charge in [-0.1, -0.05) is 0 Å². The lowest BCUT2D eigenvalue weighted by molar-refractivity contribution is -0.133. The molecule has 13 heavy (non-hydrogen) atoms. The molecule has 1 aliphatic heterocycles. The van der Waals surface area contributed by atoms with Crippen LogP contribution in [0.15, 0.2) is 0 Å². The van der Waals surface area contributed by atoms with Crippen LogP contribution in [0.3, 0.4) is 0 Å². The maximum atomic E-state index is 11.5. The predicted octanol–water partition coefficient (Wildman–Crippen LogP) is -0.502. The quantitative estimate of drug-likeness (QED) is 0.631. The minimum Gasteiger partial charge on any atom is -0.340 e. The second kappa shape index (κ2) is 4.58. The van der Waals surface area contributed by atoms with E-state index in [0.717, 1.165) is 19.6 Å². The second-order valence-corrected chi connectivity index (χ2v) is 3.71. The molecule has 0 aromatic heterocycles. The average molecular weight is 185 g/mol. The van der Waals surface area contributed by atoms with Crippen molar-refractivity contribution in [2.45, 2.75) is 19.4 Å². The first-order valence-electron chi connectivity index (χ1n) is 4.83. The molecule has 0 radical (unpaired) electrons. The molecule has 0 spiro atoms. The van der Waals surface area contributed by atoms with Crippen LogP contribution in [0.4, 0.5) is 0 Å². The zero-order chi connectivity index (χ0) is 9.84. The van der Waals surface area contributed by atoms with Crippen LogP contribution < -0.4 is 5.73 Å². The maximum absolute atomic E-state index is 11.5. The van der Waals surface area contributed by atoms with Crippen LogP contribution in [0.1, 0.15) is 13.3 Å². The number of carbonyl (C=O) groups excluding carboxylic acids is 1. The molecule has 0 aliphatic carbocycles. The summed E-state index contributed by atoms with van der Waals surface area (Å²) in [5, 5.41) is 0. The van der Waals surface area contributed by atoms with Crippen LogP contribution in [0.2, 0.25) is 0 Å². The zero-order valence-corrected chi connectivity index (χ0v) is 8.49. The van der Waals surface area contributed by atoms with Crippen LogP contribution in [-0.4, -0.2) is 55.0 Å². The molecule has 1 atom stereocenters. The molecule has 2 N–H and O–H groups in total. The molecule has 4 heteroatoms. The number of nitrogens with two attached hydrogens (primary N) is 1. The van der Waals surface area contributed by atoms with Gasteiger partial charge in [0.1, 0.15) is 0 Å². The van der Waals surface area contributed by atoms with Gasteiger partial charge in [-0.05, 0) is 14.0 Å². The first kappa shape index (κ1) is 10.5. The molecular weight excluding hydrogens is 166 g/mol. The molecule has 1 saturated heterocycles. The first-order valence-corrected chi connectivity index (χ1v) is 4.83. The summed E-state index contributed by atoms with van der Waals surface area (Å²) >= 11 is 0. The average Bonchev–Trinajstić information content (AvgIpc) is 2.10. The van der Waals surface area contributed by atoms with Crippen LogP contribution >= 0.6 is 0 Å². The molecule has 1 rings (SSSR count). The summed E-state index contributed by atoms with van der Waals surface area (Å²) in [6.45, 7) is 5.26. The van der Waals surface area contributed by atoms with Gasteiger partial charge in [-0.15, -0.1) is 0 Å². The Morgan fingerprint density at radius 1 is 1.54 bits per heavy atom. The fourth-order valence-electron chi connectivity index (χ4n) is 1.56. The van der Waals surface area contributed by atoms with E-state index in [2.05, 4.69) is 18.9 Å². The second-order valence-electron chi connectivity index (χ2n) is 3.71. The number of amides is 1. The third-order valence-corrected chi connectivity index (χ3v) is 2.67. The number of nitrogens with zero attached hydrogens (tertiary/aromatic N) is 2. The standard InChI is InChI=1S/C9H19N3O/c1-8-7-12(6-5-11(8)2)9(13)3-4-10/h8H,3-7,10H2,1-2H3. The van der Waals surface area contributed by atoms with E-state index in [9.17, 15) is 4.79 Å². The van der Waals surface area contributed by atoms with Gasteiger partial charge in [0.15, 0.2) is 0 Å². The molecule has 1 unspecified atom stereocenters. The SMILES string of the molecule is CC1CN(C(=O)CCN)CCN1C. The fourth-order valence-corrected chi connectivity index (χ4v) is 1.56. The van der Waals surface area contributed by atoms with E-state index in [1.54, 1.807) is 0 Å². The monoisotopic (exact) mass is 185 g/mol. The van der Waals surface area contributed by atoms with Crippen LogP contribution in [-0.2, 0) is 4.79 Å². The molecule has 1 aliphatic rings. The van der Waals surface area contributed by atoms with Gasteiger partial charge in [0, 0.05) is 38.6 Å². The highest BCUT2D eigenvalue weighted by Gasteiger charge is 2.23. The van der Waals surface area contributed by atoms with Crippen molar-refractivity contribution in [2.24, 2.45) is 5.73 Å². The van der Waals surface area contributed by atoms with Gasteiger partial charge >= 0.3 is 0 Å². The number of piperazine rings is 1. The van der Waals surface area contributed by atoms with E-state index in [1.807, 2.05) is 4.90 Å². The molecule has 1 fully saturated rings. The summed E-state index contributed by atoms with van der Waals surface area (Å²) in [5.41, 5.74) is 5.34. The third kappa shape index (κ3) is 2.67. The van der Waals surface area contributed by atoms with Gasteiger partial charge in [0.25, 0.3) is 0 Å². The first-order chi connectivity index (χ1) is 6.15. The Kier molecular flexibility index (Phi) is 3.69. The van der Waals surface area contributed by atoms with Crippen LogP contribution in [0, 0.1) is 0 Å². The van der Waals surface area contributed by atoms with Gasteiger partial charge in [-0.2, -0.15) is 0 Å². The van der Waals surface area contributed by atoms with Crippen molar-refractivity contribution in [3.63, 3.8) is 0 Å². The molecule has 1 amide bonds. The van der Waals surface area contributed by atoms with E-state index in [0.29, 0.717) is 19.0 Å². The highest BCUT2D eigenvalue weighted by molar-refractivity contribution is 5.76. The summed E-state index contributed by atoms with van der Waals surface area (Å²) in [7, 11) is 2.09. The Morgan fingerprint density at radius 3 is 2.77 bits per heavy atom. The van der Waals surface area contributed by atoms with Crippen molar-refractivity contribution in [3.05, 3.63) is 0 Å². The lowest BCUT2D eigenvalue weighted by Crippen LogP contribution is -2.52. The topological polar surface area (TPSA) is 49.6 Å². The molecule has 0 saturated carbocycles.